The van der Waals surface area contributed by atoms with Crippen molar-refractivity contribution < 1.29 is 9.18 Å². The molecular weight excluding hydrogens is 309 g/mol. The lowest BCUT2D eigenvalue weighted by Crippen LogP contribution is -2.32. The van der Waals surface area contributed by atoms with Crippen LogP contribution >= 0.6 is 0 Å². The van der Waals surface area contributed by atoms with E-state index >= 15 is 0 Å². The lowest BCUT2D eigenvalue weighted by molar-refractivity contribution is -0.117. The lowest BCUT2D eigenvalue weighted by Gasteiger charge is -2.20. The van der Waals surface area contributed by atoms with E-state index in [0.29, 0.717) is 17.2 Å². The highest BCUT2D eigenvalue weighted by Gasteiger charge is 2.18. The monoisotopic (exact) mass is 329 g/mol. The molecule has 0 fully saturated rings. The molecule has 3 rings (SSSR count). The molecule has 0 spiro atoms. The van der Waals surface area contributed by atoms with Gasteiger partial charge in [-0.25, -0.2) is 9.07 Å². The molecule has 1 amide bonds. The number of hydrogen-bond acceptors (Lipinski definition) is 3. The van der Waals surface area contributed by atoms with Crippen molar-refractivity contribution in [2.24, 2.45) is 5.92 Å². The first kappa shape index (κ1) is 16.4. The van der Waals surface area contributed by atoms with E-state index in [0.717, 1.165) is 30.5 Å². The summed E-state index contributed by atoms with van der Waals surface area (Å²) in [5.74, 6) is -0.130. The van der Waals surface area contributed by atoms with Crippen LogP contribution in [0.25, 0.3) is 0 Å². The fraction of sp³-hybridized carbons (Fsp3) is 0.389. The van der Waals surface area contributed by atoms with Gasteiger partial charge in [0, 0.05) is 11.8 Å². The second-order valence-electron chi connectivity index (χ2n) is 6.47. The van der Waals surface area contributed by atoms with Gasteiger partial charge in [0.05, 0.1) is 5.69 Å². The topological polar surface area (TPSA) is 64.0 Å². The van der Waals surface area contributed by atoms with Crippen LogP contribution in [-0.2, 0) is 24.2 Å². The average molecular weight is 329 g/mol. The molecule has 1 aliphatic carbocycles. The van der Waals surface area contributed by atoms with E-state index in [1.165, 1.54) is 16.8 Å². The van der Waals surface area contributed by atoms with Gasteiger partial charge in [-0.3, -0.25) is 9.59 Å². The number of nitrogens with one attached hydrogen (secondary N) is 1. The summed E-state index contributed by atoms with van der Waals surface area (Å²) in [5, 5.41) is 7.01. The molecule has 0 saturated carbocycles. The first-order valence-corrected chi connectivity index (χ1v) is 8.08. The highest BCUT2D eigenvalue weighted by molar-refractivity contribution is 5.90. The van der Waals surface area contributed by atoms with Crippen molar-refractivity contribution in [3.8, 4) is 0 Å². The zero-order valence-corrected chi connectivity index (χ0v) is 13.8. The largest absolute Gasteiger partial charge is 0.324 e. The Balaban J connectivity index is 1.74. The highest BCUT2D eigenvalue weighted by atomic mass is 19.1. The summed E-state index contributed by atoms with van der Waals surface area (Å²) >= 11 is 0. The van der Waals surface area contributed by atoms with E-state index < -0.39 is 0 Å². The van der Waals surface area contributed by atoms with E-state index in [-0.39, 0.29) is 23.8 Å². The van der Waals surface area contributed by atoms with E-state index in [4.69, 9.17) is 0 Å². The van der Waals surface area contributed by atoms with Gasteiger partial charge in [-0.2, -0.15) is 5.10 Å². The van der Waals surface area contributed by atoms with Crippen molar-refractivity contribution in [1.29, 1.82) is 0 Å². The Morgan fingerprint density at radius 2 is 2.21 bits per heavy atom. The maximum atomic E-state index is 13.3. The highest BCUT2D eigenvalue weighted by Crippen LogP contribution is 2.22. The molecule has 0 saturated heterocycles. The number of aromatic nitrogens is 2. The van der Waals surface area contributed by atoms with Crippen LogP contribution < -0.4 is 10.9 Å². The average Bonchev–Trinajstić information content (AvgIpc) is 2.52. The number of rotatable bonds is 3. The maximum Gasteiger partial charge on any atom is 0.267 e. The van der Waals surface area contributed by atoms with Crippen molar-refractivity contribution in [2.45, 2.75) is 39.7 Å². The zero-order chi connectivity index (χ0) is 17.3. The molecule has 0 unspecified atom stereocenters. The minimum absolute atomic E-state index is 0.155. The SMILES string of the molecule is Cc1cc(NC(=O)Cn2nc3c(cc2=O)C[C@H](C)CC3)ccc1F. The molecule has 1 aromatic carbocycles. The number of anilines is 1. The molecule has 0 bridgehead atoms. The quantitative estimate of drug-likeness (QED) is 0.941. The molecule has 0 radical (unpaired) electrons. The van der Waals surface area contributed by atoms with Crippen LogP contribution in [0.2, 0.25) is 0 Å². The summed E-state index contributed by atoms with van der Waals surface area (Å²) in [6.45, 7) is 3.63. The van der Waals surface area contributed by atoms with Gasteiger partial charge in [-0.05, 0) is 61.4 Å². The number of hydrogen-bond donors (Lipinski definition) is 1. The summed E-state index contributed by atoms with van der Waals surface area (Å²) in [6.07, 6.45) is 2.73. The third-order valence-electron chi connectivity index (χ3n) is 4.34. The molecule has 5 nitrogen and oxygen atoms in total. The Morgan fingerprint density at radius 1 is 1.42 bits per heavy atom. The van der Waals surface area contributed by atoms with Crippen molar-refractivity contribution >= 4 is 11.6 Å². The van der Waals surface area contributed by atoms with Gasteiger partial charge in [0.1, 0.15) is 12.4 Å². The van der Waals surface area contributed by atoms with E-state index in [9.17, 15) is 14.0 Å². The van der Waals surface area contributed by atoms with Gasteiger partial charge in [0.25, 0.3) is 5.56 Å². The molecule has 1 heterocycles. The van der Waals surface area contributed by atoms with Crippen LogP contribution in [0.15, 0.2) is 29.1 Å². The fourth-order valence-electron chi connectivity index (χ4n) is 2.99. The van der Waals surface area contributed by atoms with E-state index in [1.807, 2.05) is 0 Å². The van der Waals surface area contributed by atoms with Gasteiger partial charge in [0.15, 0.2) is 0 Å². The summed E-state index contributed by atoms with van der Waals surface area (Å²) < 4.78 is 14.5. The molecule has 6 heteroatoms. The Hall–Kier alpha value is -2.50. The maximum absolute atomic E-state index is 13.3. The Kier molecular flexibility index (Phi) is 4.46. The molecule has 1 aromatic heterocycles. The van der Waals surface area contributed by atoms with Gasteiger partial charge in [-0.15, -0.1) is 0 Å². The molecule has 1 atom stereocenters. The van der Waals surface area contributed by atoms with Crippen molar-refractivity contribution in [3.63, 3.8) is 0 Å². The minimum Gasteiger partial charge on any atom is -0.324 e. The molecule has 1 aliphatic rings. The first-order valence-electron chi connectivity index (χ1n) is 8.08. The molecule has 24 heavy (non-hydrogen) atoms. The number of benzene rings is 1. The van der Waals surface area contributed by atoms with Gasteiger partial charge in [-0.1, -0.05) is 6.92 Å². The molecule has 0 aliphatic heterocycles. The smallest absolute Gasteiger partial charge is 0.267 e. The number of carbonyl (C=O) groups excluding carboxylic acids is 1. The van der Waals surface area contributed by atoms with Crippen LogP contribution in [0, 0.1) is 18.7 Å². The Labute approximate surface area is 139 Å². The molecule has 2 aromatic rings. The summed E-state index contributed by atoms with van der Waals surface area (Å²) in [6, 6.07) is 5.94. The van der Waals surface area contributed by atoms with E-state index in [2.05, 4.69) is 17.3 Å². The third kappa shape index (κ3) is 3.53. The van der Waals surface area contributed by atoms with Crippen LogP contribution in [0.5, 0.6) is 0 Å². The van der Waals surface area contributed by atoms with Gasteiger partial charge >= 0.3 is 0 Å². The predicted octanol–water partition coefficient (Wildman–Crippen LogP) is 2.45. The number of nitrogens with zero attached hydrogens (tertiary/aromatic N) is 2. The second-order valence-corrected chi connectivity index (χ2v) is 6.47. The lowest BCUT2D eigenvalue weighted by atomic mass is 9.88. The van der Waals surface area contributed by atoms with Gasteiger partial charge < -0.3 is 5.32 Å². The normalized spacial score (nSPS) is 16.5. The van der Waals surface area contributed by atoms with Crippen molar-refractivity contribution in [3.05, 3.63) is 57.3 Å². The van der Waals surface area contributed by atoms with Crippen LogP contribution in [0.1, 0.15) is 30.2 Å². The number of fused-ring (bicyclic) bond motifs is 1. The Morgan fingerprint density at radius 3 is 2.96 bits per heavy atom. The summed E-state index contributed by atoms with van der Waals surface area (Å²) in [7, 11) is 0. The standard InChI is InChI=1S/C18H20FN3O2/c1-11-3-6-16-13(7-11)9-18(24)22(21-16)10-17(23)20-14-4-5-15(19)12(2)8-14/h4-5,8-9,11H,3,6-7,10H2,1-2H3,(H,20,23)/t11-/m1/s1. The number of halogens is 1. The fourth-order valence-corrected chi connectivity index (χ4v) is 2.99. The van der Waals surface area contributed by atoms with E-state index in [1.54, 1.807) is 19.1 Å². The number of carbonyl (C=O) groups is 1. The number of aryl methyl sites for hydroxylation is 2. The molecule has 1 N–H and O–H groups in total. The minimum atomic E-state index is -0.361. The van der Waals surface area contributed by atoms with Crippen LogP contribution in [0.4, 0.5) is 10.1 Å². The Bertz CT molecular complexity index is 845. The molecular formula is C18H20FN3O2. The van der Waals surface area contributed by atoms with Crippen molar-refractivity contribution in [2.75, 3.05) is 5.32 Å². The van der Waals surface area contributed by atoms with Crippen molar-refractivity contribution in [1.82, 2.24) is 9.78 Å². The first-order chi connectivity index (χ1) is 11.4. The zero-order valence-electron chi connectivity index (χ0n) is 13.8. The predicted molar refractivity (Wildman–Crippen MR) is 89.5 cm³/mol. The van der Waals surface area contributed by atoms with Crippen LogP contribution in [-0.4, -0.2) is 15.7 Å². The van der Waals surface area contributed by atoms with Gasteiger partial charge in [0.2, 0.25) is 5.91 Å². The van der Waals surface area contributed by atoms with Crippen LogP contribution in [0.3, 0.4) is 0 Å². The second kappa shape index (κ2) is 6.55. The summed E-state index contributed by atoms with van der Waals surface area (Å²) in [5.41, 5.74) is 2.57. The summed E-state index contributed by atoms with van der Waals surface area (Å²) in [4.78, 5) is 24.3. The third-order valence-corrected chi connectivity index (χ3v) is 4.34. The number of amides is 1. The molecule has 126 valence electrons.